The maximum absolute atomic E-state index is 3.25. The smallest absolute Gasteiger partial charge is 0.0405 e. The van der Waals surface area contributed by atoms with E-state index in [0.717, 1.165) is 6.42 Å². The predicted molar refractivity (Wildman–Crippen MR) is 89.9 cm³/mol. The van der Waals surface area contributed by atoms with Gasteiger partial charge in [0.2, 0.25) is 0 Å². The molecule has 0 amide bonds. The third-order valence-electron chi connectivity index (χ3n) is 4.50. The summed E-state index contributed by atoms with van der Waals surface area (Å²) in [5, 5.41) is 3.25. The van der Waals surface area contributed by atoms with Crippen molar-refractivity contribution in [3.05, 3.63) is 23.8 Å². The molecular weight excluding hydrogens is 244 g/mol. The molecule has 1 heterocycles. The van der Waals surface area contributed by atoms with Crippen LogP contribution in [0, 0.1) is 0 Å². The average Bonchev–Trinajstić information content (AvgIpc) is 2.68. The second-order valence-corrected chi connectivity index (χ2v) is 6.65. The van der Waals surface area contributed by atoms with E-state index < -0.39 is 0 Å². The van der Waals surface area contributed by atoms with Crippen LogP contribution in [0.25, 0.3) is 0 Å². The number of nitrogens with one attached hydrogen (secondary N) is 1. The predicted octanol–water partition coefficient (Wildman–Crippen LogP) is 4.84. The van der Waals surface area contributed by atoms with Crippen molar-refractivity contribution in [3.8, 4) is 0 Å². The van der Waals surface area contributed by atoms with Gasteiger partial charge in [-0.25, -0.2) is 0 Å². The Morgan fingerprint density at radius 3 is 2.60 bits per heavy atom. The molecule has 1 aliphatic heterocycles. The molecule has 2 rings (SSSR count). The minimum absolute atomic E-state index is 0.263. The van der Waals surface area contributed by atoms with Gasteiger partial charge in [0, 0.05) is 30.5 Å². The van der Waals surface area contributed by atoms with Gasteiger partial charge in [0.15, 0.2) is 0 Å². The van der Waals surface area contributed by atoms with E-state index >= 15 is 0 Å². The zero-order chi connectivity index (χ0) is 14.6. The van der Waals surface area contributed by atoms with Gasteiger partial charge in [-0.2, -0.15) is 0 Å². The summed E-state index contributed by atoms with van der Waals surface area (Å²) < 4.78 is 0. The van der Waals surface area contributed by atoms with Crippen LogP contribution in [0.1, 0.15) is 58.4 Å². The van der Waals surface area contributed by atoms with Gasteiger partial charge in [0.25, 0.3) is 0 Å². The highest BCUT2D eigenvalue weighted by molar-refractivity contribution is 5.66. The van der Waals surface area contributed by atoms with E-state index in [1.54, 1.807) is 0 Å². The van der Waals surface area contributed by atoms with E-state index in [-0.39, 0.29) is 5.54 Å². The third kappa shape index (κ3) is 3.28. The van der Waals surface area contributed by atoms with Gasteiger partial charge in [-0.05, 0) is 50.5 Å². The second kappa shape index (κ2) is 6.51. The van der Waals surface area contributed by atoms with Gasteiger partial charge >= 0.3 is 0 Å². The summed E-state index contributed by atoms with van der Waals surface area (Å²) in [7, 11) is 1.99. The molecule has 0 saturated heterocycles. The molecule has 0 bridgehead atoms. The molecule has 1 aromatic rings. The highest BCUT2D eigenvalue weighted by Gasteiger charge is 2.35. The van der Waals surface area contributed by atoms with E-state index in [4.69, 9.17) is 0 Å². The molecule has 112 valence electrons. The Bertz CT molecular complexity index is 437. The van der Waals surface area contributed by atoms with E-state index in [1.165, 1.54) is 55.6 Å². The molecule has 0 saturated carbocycles. The Labute approximate surface area is 124 Å². The van der Waals surface area contributed by atoms with Crippen LogP contribution < -0.4 is 10.2 Å². The van der Waals surface area contributed by atoms with Crippen LogP contribution in [-0.4, -0.2) is 19.1 Å². The van der Waals surface area contributed by atoms with Crippen LogP contribution in [0.15, 0.2) is 18.2 Å². The Hall–Kier alpha value is -1.18. The summed E-state index contributed by atoms with van der Waals surface area (Å²) in [5.74, 6) is 0. The first-order valence-corrected chi connectivity index (χ1v) is 8.17. The summed E-state index contributed by atoms with van der Waals surface area (Å²) in [5.41, 5.74) is 4.43. The highest BCUT2D eigenvalue weighted by atomic mass is 15.2. The van der Waals surface area contributed by atoms with Crippen molar-refractivity contribution in [1.29, 1.82) is 0 Å². The molecule has 0 fully saturated rings. The summed E-state index contributed by atoms with van der Waals surface area (Å²) in [6.07, 6.45) is 7.93. The number of nitrogens with zero attached hydrogens (tertiary/aromatic N) is 1. The van der Waals surface area contributed by atoms with Crippen molar-refractivity contribution in [1.82, 2.24) is 0 Å². The quantitative estimate of drug-likeness (QED) is 0.716. The lowest BCUT2D eigenvalue weighted by molar-refractivity contribution is 0.473. The van der Waals surface area contributed by atoms with E-state index in [1.807, 2.05) is 7.05 Å². The molecule has 0 aromatic heterocycles. The third-order valence-corrected chi connectivity index (χ3v) is 4.50. The van der Waals surface area contributed by atoms with Crippen molar-refractivity contribution in [2.45, 2.75) is 64.8 Å². The van der Waals surface area contributed by atoms with Crippen LogP contribution in [0.3, 0.4) is 0 Å². The van der Waals surface area contributed by atoms with E-state index in [0.29, 0.717) is 0 Å². The number of hydrogen-bond acceptors (Lipinski definition) is 2. The summed E-state index contributed by atoms with van der Waals surface area (Å²) >= 11 is 0. The van der Waals surface area contributed by atoms with Gasteiger partial charge in [-0.15, -0.1) is 0 Å². The zero-order valence-corrected chi connectivity index (χ0v) is 13.6. The fraction of sp³-hybridized carbons (Fsp3) is 0.667. The van der Waals surface area contributed by atoms with Gasteiger partial charge in [-0.3, -0.25) is 0 Å². The first-order valence-electron chi connectivity index (χ1n) is 8.17. The molecule has 0 spiro atoms. The monoisotopic (exact) mass is 274 g/mol. The van der Waals surface area contributed by atoms with Gasteiger partial charge in [0.05, 0.1) is 0 Å². The Morgan fingerprint density at radius 1 is 1.15 bits per heavy atom. The normalized spacial score (nSPS) is 16.3. The van der Waals surface area contributed by atoms with Crippen LogP contribution in [0.4, 0.5) is 11.4 Å². The SMILES string of the molecule is CCCCCCCN1c2ccc(NC)cc2CC1(C)C. The van der Waals surface area contributed by atoms with Gasteiger partial charge in [-0.1, -0.05) is 32.6 Å². The van der Waals surface area contributed by atoms with Crippen molar-refractivity contribution >= 4 is 11.4 Å². The number of benzene rings is 1. The molecule has 0 atom stereocenters. The lowest BCUT2D eigenvalue weighted by atomic mass is 9.99. The molecule has 0 unspecified atom stereocenters. The molecule has 2 nitrogen and oxygen atoms in total. The molecule has 0 radical (unpaired) electrons. The minimum atomic E-state index is 0.263. The number of fused-ring (bicyclic) bond motifs is 1. The lowest BCUT2D eigenvalue weighted by Gasteiger charge is -2.34. The number of hydrogen-bond donors (Lipinski definition) is 1. The summed E-state index contributed by atoms with van der Waals surface area (Å²) in [4.78, 5) is 2.62. The van der Waals surface area contributed by atoms with Crippen LogP contribution in [0.5, 0.6) is 0 Å². The van der Waals surface area contributed by atoms with Gasteiger partial charge in [0.1, 0.15) is 0 Å². The molecule has 2 heteroatoms. The van der Waals surface area contributed by atoms with Crippen molar-refractivity contribution < 1.29 is 0 Å². The fourth-order valence-corrected chi connectivity index (χ4v) is 3.33. The van der Waals surface area contributed by atoms with Crippen molar-refractivity contribution in [3.63, 3.8) is 0 Å². The molecule has 0 aliphatic carbocycles. The van der Waals surface area contributed by atoms with Crippen LogP contribution in [0.2, 0.25) is 0 Å². The minimum Gasteiger partial charge on any atom is -0.388 e. The average molecular weight is 274 g/mol. The number of anilines is 2. The maximum atomic E-state index is 3.25. The number of rotatable bonds is 7. The summed E-state index contributed by atoms with van der Waals surface area (Å²) in [6, 6.07) is 6.81. The van der Waals surface area contributed by atoms with Crippen LogP contribution >= 0.6 is 0 Å². The largest absolute Gasteiger partial charge is 0.388 e. The molecule has 1 aromatic carbocycles. The summed E-state index contributed by atoms with van der Waals surface area (Å²) in [6.45, 7) is 8.22. The van der Waals surface area contributed by atoms with Crippen molar-refractivity contribution in [2.75, 3.05) is 23.8 Å². The second-order valence-electron chi connectivity index (χ2n) is 6.65. The fourth-order valence-electron chi connectivity index (χ4n) is 3.33. The number of unbranched alkanes of at least 4 members (excludes halogenated alkanes) is 4. The van der Waals surface area contributed by atoms with E-state index in [2.05, 4.69) is 49.2 Å². The standard InChI is InChI=1S/C18H30N2/c1-5-6-7-8-9-12-20-17-11-10-16(19-4)13-15(17)14-18(20,2)3/h10-11,13,19H,5-9,12,14H2,1-4H3. The molecular formula is C18H30N2. The zero-order valence-electron chi connectivity index (χ0n) is 13.6. The molecule has 20 heavy (non-hydrogen) atoms. The van der Waals surface area contributed by atoms with Gasteiger partial charge < -0.3 is 10.2 Å². The Balaban J connectivity index is 2.01. The maximum Gasteiger partial charge on any atom is 0.0405 e. The highest BCUT2D eigenvalue weighted by Crippen LogP contribution is 2.39. The molecule has 1 N–H and O–H groups in total. The molecule has 1 aliphatic rings. The lowest BCUT2D eigenvalue weighted by Crippen LogP contribution is -2.41. The first kappa shape index (κ1) is 15.2. The van der Waals surface area contributed by atoms with Crippen molar-refractivity contribution in [2.24, 2.45) is 0 Å². The first-order chi connectivity index (χ1) is 9.58. The topological polar surface area (TPSA) is 15.3 Å². The van der Waals surface area contributed by atoms with E-state index in [9.17, 15) is 0 Å². The Morgan fingerprint density at radius 2 is 1.90 bits per heavy atom. The Kier molecular flexibility index (Phi) is 4.95. The van der Waals surface area contributed by atoms with Crippen LogP contribution in [-0.2, 0) is 6.42 Å².